The molecule has 29 heavy (non-hydrogen) atoms. The van der Waals surface area contributed by atoms with Crippen molar-refractivity contribution < 1.29 is 9.53 Å². The molecule has 1 heterocycles. The molecule has 0 aliphatic heterocycles. The zero-order chi connectivity index (χ0) is 20.8. The Labute approximate surface area is 170 Å². The van der Waals surface area contributed by atoms with E-state index in [0.717, 1.165) is 24.2 Å². The number of carbonyl (C=O) groups excluding carboxylic acids is 1. The number of aromatic amines is 1. The Morgan fingerprint density at radius 1 is 1.07 bits per heavy atom. The van der Waals surface area contributed by atoms with Crippen LogP contribution in [0.2, 0.25) is 0 Å². The zero-order valence-electron chi connectivity index (χ0n) is 17.1. The largest absolute Gasteiger partial charge is 0.496 e. The number of rotatable bonds is 8. The fourth-order valence-electron chi connectivity index (χ4n) is 3.54. The molecule has 0 radical (unpaired) electrons. The van der Waals surface area contributed by atoms with Gasteiger partial charge in [-0.05, 0) is 31.0 Å². The number of para-hydroxylation sites is 2. The molecule has 0 aliphatic carbocycles. The quantitative estimate of drug-likeness (QED) is 0.630. The van der Waals surface area contributed by atoms with Gasteiger partial charge in [-0.2, -0.15) is 0 Å². The summed E-state index contributed by atoms with van der Waals surface area (Å²) in [4.78, 5) is 34.8. The molecule has 6 nitrogen and oxygen atoms in total. The first-order valence-electron chi connectivity index (χ1n) is 9.96. The van der Waals surface area contributed by atoms with Crippen molar-refractivity contribution in [1.29, 1.82) is 0 Å². The highest BCUT2D eigenvalue weighted by Crippen LogP contribution is 2.22. The summed E-state index contributed by atoms with van der Waals surface area (Å²) in [6, 6.07) is 14.9. The van der Waals surface area contributed by atoms with Gasteiger partial charge < -0.3 is 14.6 Å². The van der Waals surface area contributed by atoms with Gasteiger partial charge in [-0.25, -0.2) is 4.98 Å². The molecule has 1 aromatic heterocycles. The van der Waals surface area contributed by atoms with Gasteiger partial charge in [0.1, 0.15) is 11.6 Å². The Morgan fingerprint density at radius 2 is 1.76 bits per heavy atom. The Bertz CT molecular complexity index is 1040. The lowest BCUT2D eigenvalue weighted by molar-refractivity contribution is -0.137. The summed E-state index contributed by atoms with van der Waals surface area (Å²) in [6.45, 7) is 4.65. The summed E-state index contributed by atoms with van der Waals surface area (Å²) < 4.78 is 5.45. The van der Waals surface area contributed by atoms with Gasteiger partial charge in [0.25, 0.3) is 5.56 Å². The number of benzene rings is 2. The number of aromatic nitrogens is 2. The highest BCUT2D eigenvalue weighted by atomic mass is 16.5. The van der Waals surface area contributed by atoms with Crippen molar-refractivity contribution in [3.05, 3.63) is 70.3 Å². The second kappa shape index (κ2) is 9.37. The predicted molar refractivity (Wildman–Crippen MR) is 114 cm³/mol. The number of methoxy groups -OCH3 is 1. The topological polar surface area (TPSA) is 75.3 Å². The molecular formula is C23H27N3O3. The monoisotopic (exact) mass is 393 g/mol. The number of hydrogen-bond donors (Lipinski definition) is 1. The molecule has 0 spiro atoms. The Morgan fingerprint density at radius 3 is 2.48 bits per heavy atom. The number of amides is 1. The van der Waals surface area contributed by atoms with Crippen LogP contribution in [0.4, 0.5) is 0 Å². The number of ether oxygens (including phenoxy) is 1. The summed E-state index contributed by atoms with van der Waals surface area (Å²) in [7, 11) is 1.62. The van der Waals surface area contributed by atoms with E-state index in [1.54, 1.807) is 24.1 Å². The molecule has 0 unspecified atom stereocenters. The molecule has 1 amide bonds. The summed E-state index contributed by atoms with van der Waals surface area (Å²) in [5, 5.41) is 0.541. The van der Waals surface area contributed by atoms with E-state index in [-0.39, 0.29) is 23.9 Å². The molecule has 0 aliphatic rings. The van der Waals surface area contributed by atoms with Gasteiger partial charge in [0.15, 0.2) is 0 Å². The van der Waals surface area contributed by atoms with Gasteiger partial charge in [0.05, 0.1) is 24.6 Å². The summed E-state index contributed by atoms with van der Waals surface area (Å²) in [5.74, 6) is 1.19. The van der Waals surface area contributed by atoms with Gasteiger partial charge in [-0.3, -0.25) is 9.59 Å². The van der Waals surface area contributed by atoms with Crippen LogP contribution in [0.1, 0.15) is 38.1 Å². The van der Waals surface area contributed by atoms with Gasteiger partial charge in [0, 0.05) is 18.0 Å². The van der Waals surface area contributed by atoms with Crippen molar-refractivity contribution in [2.45, 2.75) is 39.8 Å². The molecule has 0 fully saturated rings. The van der Waals surface area contributed by atoms with Crippen LogP contribution in [-0.4, -0.2) is 27.9 Å². The van der Waals surface area contributed by atoms with Crippen molar-refractivity contribution >= 4 is 16.8 Å². The lowest BCUT2D eigenvalue weighted by Crippen LogP contribution is -2.36. The number of fused-ring (bicyclic) bond motifs is 1. The number of nitrogens with one attached hydrogen (secondary N) is 1. The smallest absolute Gasteiger partial charge is 0.258 e. The molecule has 3 rings (SSSR count). The molecule has 6 heteroatoms. The van der Waals surface area contributed by atoms with Crippen LogP contribution in [0.25, 0.3) is 10.9 Å². The zero-order valence-corrected chi connectivity index (χ0v) is 17.1. The van der Waals surface area contributed by atoms with Gasteiger partial charge in [-0.1, -0.05) is 44.2 Å². The minimum atomic E-state index is -0.196. The second-order valence-electron chi connectivity index (χ2n) is 7.05. The van der Waals surface area contributed by atoms with E-state index in [1.165, 1.54) is 0 Å². The first kappa shape index (κ1) is 20.6. The van der Waals surface area contributed by atoms with Gasteiger partial charge in [0.2, 0.25) is 5.91 Å². The van der Waals surface area contributed by atoms with Crippen molar-refractivity contribution in [3.8, 4) is 5.75 Å². The van der Waals surface area contributed by atoms with Crippen molar-refractivity contribution in [3.63, 3.8) is 0 Å². The van der Waals surface area contributed by atoms with Crippen LogP contribution >= 0.6 is 0 Å². The summed E-state index contributed by atoms with van der Waals surface area (Å²) in [6.07, 6.45) is 1.53. The minimum absolute atomic E-state index is 0.0525. The Hall–Kier alpha value is -3.15. The number of carbonyl (C=O) groups is 1. The van der Waals surface area contributed by atoms with Crippen LogP contribution in [0.15, 0.2) is 53.3 Å². The van der Waals surface area contributed by atoms with E-state index >= 15 is 0 Å². The maximum Gasteiger partial charge on any atom is 0.258 e. The maximum atomic E-state index is 13.2. The first-order valence-corrected chi connectivity index (χ1v) is 9.96. The third-order valence-electron chi connectivity index (χ3n) is 5.20. The average molecular weight is 393 g/mol. The molecule has 0 saturated carbocycles. The fraction of sp³-hybridized carbons (Fsp3) is 0.348. The van der Waals surface area contributed by atoms with Crippen LogP contribution < -0.4 is 10.3 Å². The molecule has 1 N–H and O–H groups in total. The lowest BCUT2D eigenvalue weighted by Gasteiger charge is -2.27. The number of hydrogen-bond acceptors (Lipinski definition) is 4. The normalized spacial score (nSPS) is 11.0. The number of nitrogens with zero attached hydrogens (tertiary/aromatic N) is 2. The van der Waals surface area contributed by atoms with E-state index in [9.17, 15) is 9.59 Å². The van der Waals surface area contributed by atoms with E-state index in [4.69, 9.17) is 4.74 Å². The van der Waals surface area contributed by atoms with Crippen molar-refractivity contribution in [2.75, 3.05) is 7.11 Å². The van der Waals surface area contributed by atoms with Crippen LogP contribution in [-0.2, 0) is 17.9 Å². The van der Waals surface area contributed by atoms with E-state index in [0.29, 0.717) is 23.3 Å². The molecular weight excluding hydrogens is 366 g/mol. The standard InChI is InChI=1S/C23H27N3O3/c1-4-16(5-2)23(28)26(14-17-10-6-9-13-20(17)29-3)15-21-24-19-12-8-7-11-18(19)22(27)25-21/h6-13,16H,4-5,14-15H2,1-3H3,(H,24,25,27). The van der Waals surface area contributed by atoms with Crippen molar-refractivity contribution in [1.82, 2.24) is 14.9 Å². The maximum absolute atomic E-state index is 13.2. The number of H-pyrrole nitrogens is 1. The van der Waals surface area contributed by atoms with Crippen LogP contribution in [0, 0.1) is 5.92 Å². The Balaban J connectivity index is 1.96. The molecule has 0 bridgehead atoms. The van der Waals surface area contributed by atoms with Gasteiger partial charge in [-0.15, -0.1) is 0 Å². The third-order valence-corrected chi connectivity index (χ3v) is 5.20. The lowest BCUT2D eigenvalue weighted by atomic mass is 10.0. The first-order chi connectivity index (χ1) is 14.1. The van der Waals surface area contributed by atoms with Crippen molar-refractivity contribution in [2.24, 2.45) is 5.92 Å². The molecule has 3 aromatic rings. The average Bonchev–Trinajstić information content (AvgIpc) is 2.74. The molecule has 0 saturated heterocycles. The van der Waals surface area contributed by atoms with E-state index in [2.05, 4.69) is 9.97 Å². The Kier molecular flexibility index (Phi) is 6.65. The molecule has 152 valence electrons. The molecule has 0 atom stereocenters. The predicted octanol–water partition coefficient (Wildman–Crippen LogP) is 3.90. The van der Waals surface area contributed by atoms with Gasteiger partial charge >= 0.3 is 0 Å². The van der Waals surface area contributed by atoms with E-state index < -0.39 is 0 Å². The van der Waals surface area contributed by atoms with E-state index in [1.807, 2.05) is 50.2 Å². The van der Waals surface area contributed by atoms with Crippen LogP contribution in [0.3, 0.4) is 0 Å². The highest BCUT2D eigenvalue weighted by molar-refractivity contribution is 5.79. The fourth-order valence-corrected chi connectivity index (χ4v) is 3.54. The summed E-state index contributed by atoms with van der Waals surface area (Å²) in [5.41, 5.74) is 1.34. The summed E-state index contributed by atoms with van der Waals surface area (Å²) >= 11 is 0. The minimum Gasteiger partial charge on any atom is -0.496 e. The van der Waals surface area contributed by atoms with Crippen LogP contribution in [0.5, 0.6) is 5.75 Å². The second-order valence-corrected chi connectivity index (χ2v) is 7.05. The third kappa shape index (κ3) is 4.65. The SMILES string of the molecule is CCC(CC)C(=O)N(Cc1nc2ccccc2c(=O)[nH]1)Cc1ccccc1OC. The molecule has 2 aromatic carbocycles. The highest BCUT2D eigenvalue weighted by Gasteiger charge is 2.24.